The number of nitrogen functional groups attached to an aromatic ring is 1. The number of aryl methyl sites for hydroxylation is 1. The summed E-state index contributed by atoms with van der Waals surface area (Å²) in [4.78, 5) is 4.49. The van der Waals surface area contributed by atoms with Gasteiger partial charge in [0.1, 0.15) is 17.0 Å². The Hall–Kier alpha value is -1.89. The number of aromatic nitrogens is 4. The molecule has 0 aliphatic heterocycles. The Labute approximate surface area is 117 Å². The molecule has 0 atom stereocenters. The average Bonchev–Trinajstić information content (AvgIpc) is 3.13. The van der Waals surface area contributed by atoms with Gasteiger partial charge in [0.05, 0.1) is 6.20 Å². The fourth-order valence-electron chi connectivity index (χ4n) is 2.78. The van der Waals surface area contributed by atoms with E-state index in [0.29, 0.717) is 29.7 Å². The van der Waals surface area contributed by atoms with Gasteiger partial charge in [-0.1, -0.05) is 5.16 Å². The number of anilines is 1. The van der Waals surface area contributed by atoms with Crippen LogP contribution in [0.1, 0.15) is 38.4 Å². The second-order valence-electron chi connectivity index (χ2n) is 5.12. The van der Waals surface area contributed by atoms with Crippen LogP contribution >= 0.6 is 0 Å². The van der Waals surface area contributed by atoms with Crippen LogP contribution in [0.5, 0.6) is 0 Å². The Bertz CT molecular complexity index is 598. The molecular weight excluding hydrogens is 258 g/mol. The molecule has 2 heterocycles. The van der Waals surface area contributed by atoms with Gasteiger partial charge in [0.15, 0.2) is 0 Å². The molecule has 1 aliphatic carbocycles. The summed E-state index contributed by atoms with van der Waals surface area (Å²) >= 11 is 0. The summed E-state index contributed by atoms with van der Waals surface area (Å²) < 4.78 is 12.9. The molecule has 2 aromatic rings. The van der Waals surface area contributed by atoms with Gasteiger partial charge in [0.2, 0.25) is 5.82 Å². The molecule has 7 heteroatoms. The Morgan fingerprint density at radius 1 is 1.45 bits per heavy atom. The van der Waals surface area contributed by atoms with E-state index in [9.17, 15) is 0 Å². The van der Waals surface area contributed by atoms with Crippen LogP contribution in [-0.2, 0) is 17.4 Å². The Balaban J connectivity index is 1.95. The van der Waals surface area contributed by atoms with Crippen molar-refractivity contribution in [3.63, 3.8) is 0 Å². The van der Waals surface area contributed by atoms with Crippen molar-refractivity contribution in [3.05, 3.63) is 12.0 Å². The lowest BCUT2D eigenvalue weighted by Gasteiger charge is -2.24. The minimum absolute atomic E-state index is 0.395. The first kappa shape index (κ1) is 13.1. The zero-order valence-electron chi connectivity index (χ0n) is 11.8. The van der Waals surface area contributed by atoms with Crippen molar-refractivity contribution in [1.29, 1.82) is 0 Å². The van der Waals surface area contributed by atoms with E-state index < -0.39 is 5.60 Å². The topological polar surface area (TPSA) is 92.0 Å². The average molecular weight is 277 g/mol. The Morgan fingerprint density at radius 3 is 2.80 bits per heavy atom. The summed E-state index contributed by atoms with van der Waals surface area (Å²) in [6.07, 6.45) is 5.75. The fraction of sp³-hybridized carbons (Fsp3) is 0.615. The molecular formula is C13H19N5O2. The smallest absolute Gasteiger partial charge is 0.263 e. The normalized spacial score (nSPS) is 17.7. The first-order valence-corrected chi connectivity index (χ1v) is 6.92. The standard InChI is InChI=1S/C13H19N5O2/c1-3-19-13(6-4-5-7-13)12-16-11(20-17-12)9-8-15-18(2)10(9)14/h8H,3-7,14H2,1-2H3. The third kappa shape index (κ3) is 1.98. The van der Waals surface area contributed by atoms with Crippen molar-refractivity contribution in [1.82, 2.24) is 19.9 Å². The van der Waals surface area contributed by atoms with E-state index >= 15 is 0 Å². The number of ether oxygens (including phenoxy) is 1. The van der Waals surface area contributed by atoms with Gasteiger partial charge >= 0.3 is 0 Å². The van der Waals surface area contributed by atoms with Crippen molar-refractivity contribution < 1.29 is 9.26 Å². The van der Waals surface area contributed by atoms with E-state index in [-0.39, 0.29) is 0 Å². The molecule has 0 unspecified atom stereocenters. The second kappa shape index (κ2) is 4.90. The van der Waals surface area contributed by atoms with Crippen LogP contribution in [0.25, 0.3) is 11.5 Å². The molecule has 0 bridgehead atoms. The van der Waals surface area contributed by atoms with E-state index in [0.717, 1.165) is 25.7 Å². The molecule has 0 aromatic carbocycles. The largest absolute Gasteiger partial charge is 0.383 e. The number of rotatable bonds is 4. The quantitative estimate of drug-likeness (QED) is 0.917. The van der Waals surface area contributed by atoms with E-state index in [1.807, 2.05) is 6.92 Å². The molecule has 0 amide bonds. The number of nitrogens with two attached hydrogens (primary N) is 1. The lowest BCUT2D eigenvalue weighted by Crippen LogP contribution is -2.27. The van der Waals surface area contributed by atoms with Crippen molar-refractivity contribution in [3.8, 4) is 11.5 Å². The van der Waals surface area contributed by atoms with Crippen LogP contribution in [0.15, 0.2) is 10.7 Å². The predicted octanol–water partition coefficient (Wildman–Crippen LogP) is 1.86. The second-order valence-corrected chi connectivity index (χ2v) is 5.12. The highest BCUT2D eigenvalue weighted by molar-refractivity contribution is 5.66. The van der Waals surface area contributed by atoms with Crippen LogP contribution in [-0.4, -0.2) is 26.5 Å². The van der Waals surface area contributed by atoms with Gasteiger partial charge < -0.3 is 15.0 Å². The predicted molar refractivity (Wildman–Crippen MR) is 72.7 cm³/mol. The monoisotopic (exact) mass is 277 g/mol. The minimum atomic E-state index is -0.395. The minimum Gasteiger partial charge on any atom is -0.383 e. The van der Waals surface area contributed by atoms with Crippen molar-refractivity contribution in [2.45, 2.75) is 38.2 Å². The maximum absolute atomic E-state index is 5.93. The Kier molecular flexibility index (Phi) is 3.21. The molecule has 3 rings (SSSR count). The molecule has 0 saturated heterocycles. The molecule has 2 N–H and O–H groups in total. The summed E-state index contributed by atoms with van der Waals surface area (Å²) in [5.74, 6) is 1.53. The first-order chi connectivity index (χ1) is 9.66. The lowest BCUT2D eigenvalue weighted by atomic mass is 10.0. The number of nitrogens with zero attached hydrogens (tertiary/aromatic N) is 4. The van der Waals surface area contributed by atoms with Crippen LogP contribution in [0, 0.1) is 0 Å². The highest BCUT2D eigenvalue weighted by Gasteiger charge is 2.41. The van der Waals surface area contributed by atoms with Gasteiger partial charge in [0.25, 0.3) is 5.89 Å². The number of hydrogen-bond donors (Lipinski definition) is 1. The molecule has 1 fully saturated rings. The van der Waals surface area contributed by atoms with Gasteiger partial charge in [-0.3, -0.25) is 4.68 Å². The summed E-state index contributed by atoms with van der Waals surface area (Å²) in [7, 11) is 1.77. The van der Waals surface area contributed by atoms with Gasteiger partial charge in [-0.2, -0.15) is 10.1 Å². The first-order valence-electron chi connectivity index (χ1n) is 6.92. The van der Waals surface area contributed by atoms with Gasteiger partial charge in [-0.05, 0) is 32.6 Å². The van der Waals surface area contributed by atoms with E-state index in [1.54, 1.807) is 17.9 Å². The maximum Gasteiger partial charge on any atom is 0.263 e. The van der Waals surface area contributed by atoms with E-state index in [4.69, 9.17) is 15.0 Å². The van der Waals surface area contributed by atoms with E-state index in [1.165, 1.54) is 0 Å². The number of hydrogen-bond acceptors (Lipinski definition) is 6. The third-order valence-electron chi connectivity index (χ3n) is 3.88. The molecule has 1 saturated carbocycles. The molecule has 0 radical (unpaired) electrons. The summed E-state index contributed by atoms with van der Waals surface area (Å²) in [6, 6.07) is 0. The van der Waals surface area contributed by atoms with Crippen molar-refractivity contribution in [2.24, 2.45) is 7.05 Å². The molecule has 7 nitrogen and oxygen atoms in total. The van der Waals surface area contributed by atoms with Gasteiger partial charge in [-0.25, -0.2) is 0 Å². The lowest BCUT2D eigenvalue weighted by molar-refractivity contribution is -0.0469. The van der Waals surface area contributed by atoms with Crippen LogP contribution in [0.3, 0.4) is 0 Å². The molecule has 20 heavy (non-hydrogen) atoms. The zero-order chi connectivity index (χ0) is 14.2. The van der Waals surface area contributed by atoms with Crippen LogP contribution in [0.2, 0.25) is 0 Å². The van der Waals surface area contributed by atoms with Crippen LogP contribution in [0.4, 0.5) is 5.82 Å². The zero-order valence-corrected chi connectivity index (χ0v) is 11.8. The summed E-state index contributed by atoms with van der Waals surface area (Å²) in [5.41, 5.74) is 6.20. The SMILES string of the molecule is CCOC1(c2noc(-c3cnn(C)c3N)n2)CCCC1. The van der Waals surface area contributed by atoms with Gasteiger partial charge in [0, 0.05) is 13.7 Å². The van der Waals surface area contributed by atoms with Crippen LogP contribution < -0.4 is 5.73 Å². The molecule has 108 valence electrons. The van der Waals surface area contributed by atoms with Crippen molar-refractivity contribution in [2.75, 3.05) is 12.3 Å². The fourth-order valence-corrected chi connectivity index (χ4v) is 2.78. The molecule has 2 aromatic heterocycles. The maximum atomic E-state index is 5.93. The Morgan fingerprint density at radius 2 is 2.20 bits per heavy atom. The highest BCUT2D eigenvalue weighted by Crippen LogP contribution is 2.41. The van der Waals surface area contributed by atoms with Crippen molar-refractivity contribution >= 4 is 5.82 Å². The summed E-state index contributed by atoms with van der Waals surface area (Å²) in [6.45, 7) is 2.62. The third-order valence-corrected chi connectivity index (χ3v) is 3.88. The highest BCUT2D eigenvalue weighted by atomic mass is 16.5. The summed E-state index contributed by atoms with van der Waals surface area (Å²) in [5, 5.41) is 8.20. The molecule has 0 spiro atoms. The molecule has 1 aliphatic rings. The van der Waals surface area contributed by atoms with Gasteiger partial charge in [-0.15, -0.1) is 0 Å². The van der Waals surface area contributed by atoms with E-state index in [2.05, 4.69) is 15.2 Å².